The molecule has 275 valence electrons. The van der Waals surface area contributed by atoms with Gasteiger partial charge in [-0.05, 0) is 39.8 Å². The van der Waals surface area contributed by atoms with Crippen LogP contribution in [0.15, 0.2) is 91.8 Å². The third-order valence-corrected chi connectivity index (χ3v) is 8.78. The van der Waals surface area contributed by atoms with Crippen LogP contribution in [0.5, 0.6) is 0 Å². The molecule has 0 fully saturated rings. The summed E-state index contributed by atoms with van der Waals surface area (Å²) in [7, 11) is 0. The van der Waals surface area contributed by atoms with E-state index in [2.05, 4.69) is 76.2 Å². The van der Waals surface area contributed by atoms with Gasteiger partial charge in [-0.3, -0.25) is 9.97 Å². The Kier molecular flexibility index (Phi) is 10.8. The summed E-state index contributed by atoms with van der Waals surface area (Å²) in [6, 6.07) is 25.8. The maximum absolute atomic E-state index is 13.7. The molecule has 5 aromatic heterocycles. The van der Waals surface area contributed by atoms with E-state index in [1.807, 2.05) is 72.2 Å². The minimum Gasteiger partial charge on any atom is -0.485 e. The van der Waals surface area contributed by atoms with Gasteiger partial charge in [-0.25, -0.2) is 33.7 Å². The van der Waals surface area contributed by atoms with Crippen LogP contribution in [0.1, 0.15) is 24.2 Å². The van der Waals surface area contributed by atoms with Gasteiger partial charge in [0.1, 0.15) is 40.8 Å². The van der Waals surface area contributed by atoms with Gasteiger partial charge >= 0.3 is 0 Å². The van der Waals surface area contributed by atoms with Crippen molar-refractivity contribution in [2.24, 2.45) is 0 Å². The second-order valence-corrected chi connectivity index (χ2v) is 12.1. The van der Waals surface area contributed by atoms with Crippen molar-refractivity contribution in [3.8, 4) is 11.3 Å². The first-order valence-electron chi connectivity index (χ1n) is 16.9. The van der Waals surface area contributed by atoms with Crippen LogP contribution in [0.4, 0.5) is 43.4 Å². The third kappa shape index (κ3) is 7.20. The number of halogens is 2. The normalized spacial score (nSPS) is 13.0. The number of pyridine rings is 1. The molecule has 15 heteroatoms. The monoisotopic (exact) mass is 898 g/mol. The Morgan fingerprint density at radius 1 is 0.667 bits per heavy atom. The quantitative estimate of drug-likeness (QED) is 0.0896. The molecule has 9 rings (SSSR count). The van der Waals surface area contributed by atoms with E-state index in [0.29, 0.717) is 11.3 Å². The van der Waals surface area contributed by atoms with Crippen LogP contribution < -0.4 is 19.6 Å². The van der Waals surface area contributed by atoms with E-state index in [4.69, 9.17) is 0 Å². The number of benzene rings is 2. The summed E-state index contributed by atoms with van der Waals surface area (Å²) >= 11 is 0. The summed E-state index contributed by atoms with van der Waals surface area (Å²) in [5.41, 5.74) is 4.47. The molecular formula is C39H31F2IrN12-5. The summed E-state index contributed by atoms with van der Waals surface area (Å²) in [6.45, 7) is 9.56. The number of para-hydroxylation sites is 2. The average molecular weight is 898 g/mol. The van der Waals surface area contributed by atoms with E-state index in [9.17, 15) is 8.78 Å². The molecule has 0 N–H and O–H groups in total. The van der Waals surface area contributed by atoms with Crippen molar-refractivity contribution in [2.75, 3.05) is 32.7 Å². The topological polar surface area (TPSA) is 108 Å². The molecule has 1 radical (unpaired) electrons. The number of hydrogen-bond acceptors (Lipinski definition) is 11. The Morgan fingerprint density at radius 2 is 1.22 bits per heavy atom. The minimum atomic E-state index is -0.945. The second-order valence-electron chi connectivity index (χ2n) is 12.1. The molecule has 0 atom stereocenters. The molecule has 7 heterocycles. The van der Waals surface area contributed by atoms with Crippen molar-refractivity contribution in [1.82, 2.24) is 39.3 Å². The van der Waals surface area contributed by atoms with E-state index >= 15 is 0 Å². The number of imidazole rings is 1. The Labute approximate surface area is 324 Å². The van der Waals surface area contributed by atoms with E-state index in [1.165, 1.54) is 6.20 Å². The Morgan fingerprint density at radius 3 is 1.74 bits per heavy atom. The number of fused-ring (bicyclic) bond motifs is 3. The van der Waals surface area contributed by atoms with Crippen molar-refractivity contribution < 1.29 is 28.9 Å². The largest absolute Gasteiger partial charge is 0.485 e. The molecular weight excluding hydrogens is 867 g/mol. The first-order valence-corrected chi connectivity index (χ1v) is 16.9. The first-order chi connectivity index (χ1) is 26.0. The van der Waals surface area contributed by atoms with Gasteiger partial charge in [0.15, 0.2) is 0 Å². The van der Waals surface area contributed by atoms with Gasteiger partial charge in [-0.2, -0.15) is 60.7 Å². The zero-order chi connectivity index (χ0) is 36.3. The van der Waals surface area contributed by atoms with Crippen LogP contribution in [0.25, 0.3) is 16.9 Å². The fourth-order valence-corrected chi connectivity index (χ4v) is 6.12. The molecule has 2 aliphatic heterocycles. The molecule has 0 amide bonds. The van der Waals surface area contributed by atoms with Gasteiger partial charge in [0.2, 0.25) is 0 Å². The second kappa shape index (κ2) is 16.0. The van der Waals surface area contributed by atoms with Crippen molar-refractivity contribution in [1.29, 1.82) is 0 Å². The van der Waals surface area contributed by atoms with Gasteiger partial charge in [-0.1, -0.05) is 11.6 Å². The Hall–Kier alpha value is -5.92. The van der Waals surface area contributed by atoms with Crippen LogP contribution >= 0.6 is 0 Å². The molecule has 0 aliphatic carbocycles. The maximum atomic E-state index is 13.7. The summed E-state index contributed by atoms with van der Waals surface area (Å²) in [5.74, 6) is 1.54. The average Bonchev–Trinajstić information content (AvgIpc) is 3.85. The molecule has 0 unspecified atom stereocenters. The van der Waals surface area contributed by atoms with Gasteiger partial charge < -0.3 is 24.0 Å². The van der Waals surface area contributed by atoms with E-state index in [0.717, 1.165) is 78.0 Å². The van der Waals surface area contributed by atoms with Gasteiger partial charge in [0, 0.05) is 68.7 Å². The minimum absolute atomic E-state index is 0. The number of hydrogen-bond donors (Lipinski definition) is 0. The molecule has 0 saturated carbocycles. The zero-order valence-corrected chi connectivity index (χ0v) is 31.5. The van der Waals surface area contributed by atoms with Gasteiger partial charge in [0.25, 0.3) is 0 Å². The predicted molar refractivity (Wildman–Crippen MR) is 196 cm³/mol. The SMILES string of the molecule is Cc1nc2c(-c3[c-]cc(F)nc3F)nccn2c1C.[Ir].[c-]1ccccc1N1[CH-]N(CCCCN2[CH-]N(c3[c-]cccc3)c3nccnc32)c2nccnc21. The molecule has 12 nitrogen and oxygen atoms in total. The molecule has 7 aromatic rings. The Balaban J connectivity index is 0.000000191. The molecule has 54 heavy (non-hydrogen) atoms. The fourth-order valence-electron chi connectivity index (χ4n) is 6.12. The van der Waals surface area contributed by atoms with Crippen LogP contribution in [0.3, 0.4) is 0 Å². The smallest absolute Gasteiger partial charge is 0.143 e. The number of aryl methyl sites for hydroxylation is 2. The van der Waals surface area contributed by atoms with E-state index in [-0.39, 0.29) is 25.7 Å². The van der Waals surface area contributed by atoms with Crippen LogP contribution in [-0.2, 0) is 20.1 Å². The van der Waals surface area contributed by atoms with Gasteiger partial charge in [-0.15, -0.1) is 30.8 Å². The molecule has 0 spiro atoms. The van der Waals surface area contributed by atoms with Gasteiger partial charge in [0.05, 0.1) is 5.69 Å². The summed E-state index contributed by atoms with van der Waals surface area (Å²) < 4.78 is 28.3. The summed E-state index contributed by atoms with van der Waals surface area (Å²) in [4.78, 5) is 38.3. The fraction of sp³-hybridized carbons (Fsp3) is 0.154. The number of rotatable bonds is 8. The third-order valence-electron chi connectivity index (χ3n) is 8.78. The number of unbranched alkanes of at least 4 members (excludes halogenated alkanes) is 1. The molecule has 0 bridgehead atoms. The maximum Gasteiger partial charge on any atom is 0.143 e. The molecule has 2 aromatic carbocycles. The van der Waals surface area contributed by atoms with Crippen LogP contribution in [-0.4, -0.2) is 52.4 Å². The Bertz CT molecular complexity index is 2260. The number of anilines is 6. The summed E-state index contributed by atoms with van der Waals surface area (Å²) in [5, 5.41) is 0. The predicted octanol–water partition coefficient (Wildman–Crippen LogP) is 6.99. The summed E-state index contributed by atoms with van der Waals surface area (Å²) in [6.07, 6.45) is 12.2. The zero-order valence-electron chi connectivity index (χ0n) is 29.1. The first kappa shape index (κ1) is 36.4. The molecule has 2 aliphatic rings. The van der Waals surface area contributed by atoms with E-state index < -0.39 is 11.9 Å². The standard InChI is InChI=1S/C26H22N8.C13H9F2N4.Ir/c1-3-9-21(10-4-1)33-19-31(23-25(33)29-15-13-27-23)17-7-8-18-32-20-34(22-11-5-2-6-12-22)26-24(32)28-14-16-30-26;1-7-8(2)19-6-5-16-11(13(19)17-7)9-3-4-10(14)18-12(9)15;/h1-6,9,11,13-16,19-20H,7-8,17-18H2;4-6H,1-2H3;/q-4;-1;. The van der Waals surface area contributed by atoms with Crippen molar-refractivity contribution in [3.63, 3.8) is 0 Å². The van der Waals surface area contributed by atoms with E-state index in [1.54, 1.807) is 35.4 Å². The van der Waals surface area contributed by atoms with Crippen molar-refractivity contribution in [2.45, 2.75) is 26.7 Å². The van der Waals surface area contributed by atoms with Crippen molar-refractivity contribution >= 4 is 40.3 Å². The van der Waals surface area contributed by atoms with Crippen molar-refractivity contribution in [3.05, 3.63) is 147 Å². The number of aromatic nitrogens is 8. The van der Waals surface area contributed by atoms with Crippen LogP contribution in [0.2, 0.25) is 0 Å². The molecule has 0 saturated heterocycles. The number of nitrogens with zero attached hydrogens (tertiary/aromatic N) is 12. The van der Waals surface area contributed by atoms with Crippen LogP contribution in [0, 0.1) is 57.3 Å².